The molecule has 0 atom stereocenters. The molecule has 1 aliphatic carbocycles. The molecule has 1 aromatic heterocycles. The summed E-state index contributed by atoms with van der Waals surface area (Å²) in [6.07, 6.45) is 4.58. The standard InChI is InChI=1S/C13H17ClN2O3/c1-19-8-13(3-2-4-13)7-16-12(18)10-5-9(14)6-15-11(10)17/h5-6H,2-4,7-8H2,1H3,(H,15,17)(H,16,18). The molecule has 0 aliphatic heterocycles. The molecule has 1 fully saturated rings. The van der Waals surface area contributed by atoms with E-state index >= 15 is 0 Å². The highest BCUT2D eigenvalue weighted by molar-refractivity contribution is 6.30. The zero-order chi connectivity index (χ0) is 13.9. The van der Waals surface area contributed by atoms with Gasteiger partial charge < -0.3 is 15.0 Å². The van der Waals surface area contributed by atoms with Crippen molar-refractivity contribution in [3.05, 3.63) is 33.2 Å². The van der Waals surface area contributed by atoms with Crippen LogP contribution in [0, 0.1) is 5.41 Å². The average molecular weight is 285 g/mol. The first-order valence-corrected chi connectivity index (χ1v) is 6.59. The van der Waals surface area contributed by atoms with Gasteiger partial charge in [0.25, 0.3) is 11.5 Å². The van der Waals surface area contributed by atoms with Crippen LogP contribution in [-0.2, 0) is 4.74 Å². The van der Waals surface area contributed by atoms with E-state index < -0.39 is 11.5 Å². The molecular weight excluding hydrogens is 268 g/mol. The topological polar surface area (TPSA) is 71.2 Å². The molecule has 1 amide bonds. The maximum absolute atomic E-state index is 12.0. The van der Waals surface area contributed by atoms with E-state index in [0.717, 1.165) is 19.3 Å². The number of hydrogen-bond acceptors (Lipinski definition) is 3. The van der Waals surface area contributed by atoms with Gasteiger partial charge in [-0.05, 0) is 18.9 Å². The number of amides is 1. The van der Waals surface area contributed by atoms with Crippen LogP contribution in [-0.4, -0.2) is 31.2 Å². The molecule has 1 saturated carbocycles. The highest BCUT2D eigenvalue weighted by atomic mass is 35.5. The Morgan fingerprint density at radius 2 is 2.32 bits per heavy atom. The predicted molar refractivity (Wildman–Crippen MR) is 72.6 cm³/mol. The molecule has 1 heterocycles. The number of H-pyrrole nitrogens is 1. The first kappa shape index (κ1) is 14.1. The fourth-order valence-corrected chi connectivity index (χ4v) is 2.51. The molecule has 19 heavy (non-hydrogen) atoms. The third kappa shape index (κ3) is 3.16. The minimum atomic E-state index is -0.434. The summed E-state index contributed by atoms with van der Waals surface area (Å²) in [5, 5.41) is 3.13. The van der Waals surface area contributed by atoms with Gasteiger partial charge in [-0.1, -0.05) is 18.0 Å². The normalized spacial score (nSPS) is 16.7. The van der Waals surface area contributed by atoms with Crippen LogP contribution < -0.4 is 10.9 Å². The summed E-state index contributed by atoms with van der Waals surface area (Å²) in [5.74, 6) is -0.397. The van der Waals surface area contributed by atoms with E-state index in [9.17, 15) is 9.59 Å². The predicted octanol–water partition coefficient (Wildman–Crippen LogP) is 1.57. The Hall–Kier alpha value is -1.33. The van der Waals surface area contributed by atoms with Crippen molar-refractivity contribution in [3.63, 3.8) is 0 Å². The maximum atomic E-state index is 12.0. The lowest BCUT2D eigenvalue weighted by Gasteiger charge is -2.41. The molecule has 5 nitrogen and oxygen atoms in total. The molecule has 6 heteroatoms. The van der Waals surface area contributed by atoms with Gasteiger partial charge >= 0.3 is 0 Å². The van der Waals surface area contributed by atoms with Gasteiger partial charge in [0.05, 0.1) is 11.6 Å². The molecule has 0 bridgehead atoms. The van der Waals surface area contributed by atoms with Crippen molar-refractivity contribution in [1.82, 2.24) is 10.3 Å². The molecule has 0 spiro atoms. The van der Waals surface area contributed by atoms with Crippen LogP contribution in [0.1, 0.15) is 29.6 Å². The van der Waals surface area contributed by atoms with E-state index in [1.807, 2.05) is 0 Å². The van der Waals surface area contributed by atoms with E-state index in [1.54, 1.807) is 7.11 Å². The molecule has 2 N–H and O–H groups in total. The molecule has 0 saturated heterocycles. The quantitative estimate of drug-likeness (QED) is 0.862. The van der Waals surface area contributed by atoms with Crippen molar-refractivity contribution >= 4 is 17.5 Å². The van der Waals surface area contributed by atoms with Gasteiger partial charge in [0.1, 0.15) is 5.56 Å². The van der Waals surface area contributed by atoms with Gasteiger partial charge in [-0.3, -0.25) is 9.59 Å². The Bertz CT molecular complexity index is 523. The second kappa shape index (κ2) is 5.75. The van der Waals surface area contributed by atoms with Crippen LogP contribution in [0.15, 0.2) is 17.1 Å². The van der Waals surface area contributed by atoms with Gasteiger partial charge in [0.2, 0.25) is 0 Å². The monoisotopic (exact) mass is 284 g/mol. The highest BCUT2D eigenvalue weighted by Crippen LogP contribution is 2.40. The molecule has 2 rings (SSSR count). The van der Waals surface area contributed by atoms with Gasteiger partial charge in [0, 0.05) is 25.3 Å². The summed E-state index contributed by atoms with van der Waals surface area (Å²) < 4.78 is 5.19. The third-order valence-electron chi connectivity index (χ3n) is 3.60. The summed E-state index contributed by atoms with van der Waals surface area (Å²) in [7, 11) is 1.66. The Morgan fingerprint density at radius 1 is 1.58 bits per heavy atom. The number of ether oxygens (including phenoxy) is 1. The number of hydrogen-bond donors (Lipinski definition) is 2. The zero-order valence-electron chi connectivity index (χ0n) is 10.8. The lowest BCUT2D eigenvalue weighted by atomic mass is 9.69. The van der Waals surface area contributed by atoms with Gasteiger partial charge in [-0.25, -0.2) is 0 Å². The van der Waals surface area contributed by atoms with Crippen molar-refractivity contribution < 1.29 is 9.53 Å². The summed E-state index contributed by atoms with van der Waals surface area (Å²) in [6, 6.07) is 1.37. The van der Waals surface area contributed by atoms with Crippen molar-refractivity contribution in [2.45, 2.75) is 19.3 Å². The largest absolute Gasteiger partial charge is 0.384 e. The van der Waals surface area contributed by atoms with E-state index in [1.165, 1.54) is 12.3 Å². The number of aromatic nitrogens is 1. The maximum Gasteiger partial charge on any atom is 0.260 e. The smallest absolute Gasteiger partial charge is 0.260 e. The van der Waals surface area contributed by atoms with Gasteiger partial charge in [-0.15, -0.1) is 0 Å². The van der Waals surface area contributed by atoms with Gasteiger partial charge in [0.15, 0.2) is 0 Å². The fraction of sp³-hybridized carbons (Fsp3) is 0.538. The Labute approximate surface area is 116 Å². The number of carbonyl (C=O) groups is 1. The van der Waals surface area contributed by atoms with E-state index in [-0.39, 0.29) is 11.0 Å². The van der Waals surface area contributed by atoms with Crippen LogP contribution in [0.3, 0.4) is 0 Å². The van der Waals surface area contributed by atoms with Crippen molar-refractivity contribution in [2.75, 3.05) is 20.3 Å². The molecule has 0 unspecified atom stereocenters. The second-order valence-corrected chi connectivity index (χ2v) is 5.47. The average Bonchev–Trinajstić information content (AvgIpc) is 2.35. The molecule has 0 aromatic carbocycles. The number of rotatable bonds is 5. The second-order valence-electron chi connectivity index (χ2n) is 5.03. The van der Waals surface area contributed by atoms with E-state index in [2.05, 4.69) is 10.3 Å². The molecule has 104 valence electrons. The SMILES string of the molecule is COCC1(CNC(=O)c2cc(Cl)c[nH]c2=O)CCC1. The van der Waals surface area contributed by atoms with E-state index in [0.29, 0.717) is 18.2 Å². The Morgan fingerprint density at radius 3 is 2.89 bits per heavy atom. The third-order valence-corrected chi connectivity index (χ3v) is 3.82. The summed E-state index contributed by atoms with van der Waals surface area (Å²) in [6.45, 7) is 1.14. The summed E-state index contributed by atoms with van der Waals surface area (Å²) in [5.41, 5.74) is -0.369. The number of carbonyl (C=O) groups excluding carboxylic acids is 1. The number of methoxy groups -OCH3 is 1. The zero-order valence-corrected chi connectivity index (χ0v) is 11.5. The first-order valence-electron chi connectivity index (χ1n) is 6.22. The minimum Gasteiger partial charge on any atom is -0.384 e. The number of nitrogens with one attached hydrogen (secondary N) is 2. The van der Waals surface area contributed by atoms with Crippen LogP contribution in [0.2, 0.25) is 5.02 Å². The summed E-state index contributed by atoms with van der Waals surface area (Å²) >= 11 is 5.77. The van der Waals surface area contributed by atoms with Crippen molar-refractivity contribution in [1.29, 1.82) is 0 Å². The highest BCUT2D eigenvalue weighted by Gasteiger charge is 2.37. The molecule has 1 aliphatic rings. The van der Waals surface area contributed by atoms with Crippen LogP contribution in [0.25, 0.3) is 0 Å². The number of halogens is 1. The fourth-order valence-electron chi connectivity index (χ4n) is 2.34. The van der Waals surface area contributed by atoms with Crippen molar-refractivity contribution in [2.24, 2.45) is 5.41 Å². The first-order chi connectivity index (χ1) is 9.06. The number of aromatic amines is 1. The van der Waals surface area contributed by atoms with Crippen LogP contribution >= 0.6 is 11.6 Å². The van der Waals surface area contributed by atoms with E-state index in [4.69, 9.17) is 16.3 Å². The molecule has 1 aromatic rings. The lowest BCUT2D eigenvalue weighted by Crippen LogP contribution is -2.45. The molecular formula is C13H17ClN2O3. The van der Waals surface area contributed by atoms with Gasteiger partial charge in [-0.2, -0.15) is 0 Å². The summed E-state index contributed by atoms with van der Waals surface area (Å²) in [4.78, 5) is 26.0. The minimum absolute atomic E-state index is 0.0236. The van der Waals surface area contributed by atoms with Crippen molar-refractivity contribution in [3.8, 4) is 0 Å². The van der Waals surface area contributed by atoms with Crippen LogP contribution in [0.5, 0.6) is 0 Å². The van der Waals surface area contributed by atoms with Crippen LogP contribution in [0.4, 0.5) is 0 Å². The lowest BCUT2D eigenvalue weighted by molar-refractivity contribution is 0.0179. The number of pyridine rings is 1. The molecule has 0 radical (unpaired) electrons. The Balaban J connectivity index is 2.01. The Kier molecular flexibility index (Phi) is 4.27.